The van der Waals surface area contributed by atoms with E-state index in [0.717, 1.165) is 0 Å². The molecule has 0 aromatic heterocycles. The number of nitrogens with one attached hydrogen (secondary N) is 2. The average Bonchev–Trinajstić information content (AvgIpc) is 2.50. The lowest BCUT2D eigenvalue weighted by Gasteiger charge is -2.09. The molecule has 0 bridgehead atoms. The number of hydrogen-bond donors (Lipinski definition) is 2. The Morgan fingerprint density at radius 3 is 2.18 bits per heavy atom. The number of benzene rings is 2. The molecule has 0 unspecified atom stereocenters. The largest absolute Gasteiger partial charge is 0.465 e. The van der Waals surface area contributed by atoms with Crippen LogP contribution in [0.3, 0.4) is 0 Å². The van der Waals surface area contributed by atoms with Crippen LogP contribution in [0.5, 0.6) is 0 Å². The molecule has 0 heterocycles. The Balaban J connectivity index is 2.08. The molecule has 7 heteroatoms. The van der Waals surface area contributed by atoms with Gasteiger partial charge >= 0.3 is 12.0 Å². The highest BCUT2D eigenvalue weighted by Gasteiger charge is 2.12. The molecule has 2 aromatic carbocycles. The molecule has 0 fully saturated rings. The van der Waals surface area contributed by atoms with Crippen molar-refractivity contribution in [1.29, 1.82) is 0 Å². The van der Waals surface area contributed by atoms with Crippen molar-refractivity contribution in [3.05, 3.63) is 58.1 Å². The van der Waals surface area contributed by atoms with Crippen molar-refractivity contribution in [2.45, 2.75) is 0 Å². The summed E-state index contributed by atoms with van der Waals surface area (Å²) in [5.41, 5.74) is 1.17. The molecule has 5 nitrogen and oxygen atoms in total. The molecule has 2 amide bonds. The second kappa shape index (κ2) is 7.15. The first-order valence-corrected chi connectivity index (χ1v) is 6.96. The predicted molar refractivity (Wildman–Crippen MR) is 86.9 cm³/mol. The van der Waals surface area contributed by atoms with Crippen LogP contribution < -0.4 is 10.6 Å². The van der Waals surface area contributed by atoms with E-state index in [1.165, 1.54) is 19.2 Å². The number of carbonyl (C=O) groups is 2. The summed E-state index contributed by atoms with van der Waals surface area (Å²) in [6.45, 7) is 0. The Hall–Kier alpha value is -2.24. The number of anilines is 2. The van der Waals surface area contributed by atoms with Gasteiger partial charge in [-0.3, -0.25) is 0 Å². The van der Waals surface area contributed by atoms with Crippen LogP contribution in [-0.2, 0) is 4.74 Å². The minimum absolute atomic E-state index is 0.174. The number of halogens is 2. The Kier molecular flexibility index (Phi) is 5.25. The third kappa shape index (κ3) is 4.13. The monoisotopic (exact) mass is 338 g/mol. The molecular weight excluding hydrogens is 327 g/mol. The van der Waals surface area contributed by atoms with Crippen LogP contribution in [0.15, 0.2) is 42.5 Å². The van der Waals surface area contributed by atoms with E-state index in [2.05, 4.69) is 15.4 Å². The number of esters is 1. The maximum absolute atomic E-state index is 11.9. The highest BCUT2D eigenvalue weighted by molar-refractivity contribution is 6.33. The summed E-state index contributed by atoms with van der Waals surface area (Å²) < 4.78 is 4.62. The molecule has 0 aliphatic carbocycles. The van der Waals surface area contributed by atoms with Crippen molar-refractivity contribution in [3.8, 4) is 0 Å². The van der Waals surface area contributed by atoms with Gasteiger partial charge in [-0.25, -0.2) is 9.59 Å². The fraction of sp³-hybridized carbons (Fsp3) is 0.0667. The van der Waals surface area contributed by atoms with E-state index < -0.39 is 12.0 Å². The van der Waals surface area contributed by atoms with E-state index >= 15 is 0 Å². The third-order valence-electron chi connectivity index (χ3n) is 2.73. The van der Waals surface area contributed by atoms with E-state index in [1.807, 2.05) is 0 Å². The lowest BCUT2D eigenvalue weighted by molar-refractivity contribution is 0.0601. The first-order valence-electron chi connectivity index (χ1n) is 6.21. The highest BCUT2D eigenvalue weighted by atomic mass is 35.5. The molecule has 22 heavy (non-hydrogen) atoms. The Morgan fingerprint density at radius 2 is 1.55 bits per heavy atom. The van der Waals surface area contributed by atoms with Gasteiger partial charge in [0.05, 0.1) is 17.7 Å². The first-order chi connectivity index (χ1) is 10.5. The van der Waals surface area contributed by atoms with Crippen LogP contribution >= 0.6 is 23.2 Å². The number of ether oxygens (including phenoxy) is 1. The van der Waals surface area contributed by atoms with Crippen molar-refractivity contribution in [3.63, 3.8) is 0 Å². The zero-order valence-electron chi connectivity index (χ0n) is 11.5. The summed E-state index contributed by atoms with van der Waals surface area (Å²) in [7, 11) is 1.26. The van der Waals surface area contributed by atoms with Crippen LogP contribution in [0.2, 0.25) is 10.0 Å². The SMILES string of the molecule is COC(=O)c1cc(NC(=O)Nc2ccc(Cl)cc2)ccc1Cl. The Labute approximate surface area is 137 Å². The van der Waals surface area contributed by atoms with E-state index in [1.54, 1.807) is 30.3 Å². The fourth-order valence-electron chi connectivity index (χ4n) is 1.70. The molecule has 2 rings (SSSR count). The van der Waals surface area contributed by atoms with Crippen molar-refractivity contribution >= 4 is 46.6 Å². The highest BCUT2D eigenvalue weighted by Crippen LogP contribution is 2.21. The van der Waals surface area contributed by atoms with Gasteiger partial charge in [0.25, 0.3) is 0 Å². The maximum atomic E-state index is 11.9. The molecule has 0 saturated heterocycles. The second-order valence-electron chi connectivity index (χ2n) is 4.27. The van der Waals surface area contributed by atoms with Gasteiger partial charge in [-0.15, -0.1) is 0 Å². The van der Waals surface area contributed by atoms with Crippen molar-refractivity contribution in [2.24, 2.45) is 0 Å². The van der Waals surface area contributed by atoms with E-state index in [-0.39, 0.29) is 10.6 Å². The number of carbonyl (C=O) groups excluding carboxylic acids is 2. The zero-order valence-corrected chi connectivity index (χ0v) is 13.0. The summed E-state index contributed by atoms with van der Waals surface area (Å²) in [4.78, 5) is 23.4. The Bertz CT molecular complexity index is 702. The third-order valence-corrected chi connectivity index (χ3v) is 3.31. The van der Waals surface area contributed by atoms with Crippen LogP contribution in [-0.4, -0.2) is 19.1 Å². The number of amides is 2. The number of urea groups is 1. The van der Waals surface area contributed by atoms with Crippen molar-refractivity contribution in [1.82, 2.24) is 0 Å². The first kappa shape index (κ1) is 16.1. The summed E-state index contributed by atoms with van der Waals surface area (Å²) in [6, 6.07) is 10.7. The minimum atomic E-state index is -0.577. The van der Waals surface area contributed by atoms with Gasteiger partial charge in [0, 0.05) is 16.4 Å². The summed E-state index contributed by atoms with van der Waals surface area (Å²) >= 11 is 11.7. The van der Waals surface area contributed by atoms with Crippen molar-refractivity contribution in [2.75, 3.05) is 17.7 Å². The molecule has 0 aliphatic rings. The summed E-state index contributed by atoms with van der Waals surface area (Å²) in [5, 5.41) is 6.06. The second-order valence-corrected chi connectivity index (χ2v) is 5.12. The summed E-state index contributed by atoms with van der Waals surface area (Å²) in [6.07, 6.45) is 0. The predicted octanol–water partition coefficient (Wildman–Crippen LogP) is 4.42. The van der Waals surface area contributed by atoms with Gasteiger partial charge in [0.15, 0.2) is 0 Å². The summed E-state index contributed by atoms with van der Waals surface area (Å²) in [5.74, 6) is -0.577. The molecule has 2 N–H and O–H groups in total. The Morgan fingerprint density at radius 1 is 0.955 bits per heavy atom. The number of hydrogen-bond acceptors (Lipinski definition) is 3. The van der Waals surface area contributed by atoms with Gasteiger partial charge in [-0.05, 0) is 42.5 Å². The minimum Gasteiger partial charge on any atom is -0.465 e. The van der Waals surface area contributed by atoms with Crippen LogP contribution in [0, 0.1) is 0 Å². The molecule has 0 spiro atoms. The lowest BCUT2D eigenvalue weighted by atomic mass is 10.2. The van der Waals surface area contributed by atoms with Crippen LogP contribution in [0.1, 0.15) is 10.4 Å². The molecular formula is C15H12Cl2N2O3. The van der Waals surface area contributed by atoms with Crippen molar-refractivity contribution < 1.29 is 14.3 Å². The average molecular weight is 339 g/mol. The van der Waals surface area contributed by atoms with Gasteiger partial charge in [0.2, 0.25) is 0 Å². The quantitative estimate of drug-likeness (QED) is 0.813. The molecule has 114 valence electrons. The zero-order chi connectivity index (χ0) is 16.1. The topological polar surface area (TPSA) is 67.4 Å². The van der Waals surface area contributed by atoms with Crippen LogP contribution in [0.4, 0.5) is 16.2 Å². The smallest absolute Gasteiger partial charge is 0.339 e. The van der Waals surface area contributed by atoms with E-state index in [4.69, 9.17) is 23.2 Å². The molecule has 0 radical (unpaired) electrons. The normalized spacial score (nSPS) is 9.95. The van der Waals surface area contributed by atoms with Crippen LogP contribution in [0.25, 0.3) is 0 Å². The van der Waals surface area contributed by atoms with E-state index in [0.29, 0.717) is 16.4 Å². The molecule has 0 atom stereocenters. The lowest BCUT2D eigenvalue weighted by Crippen LogP contribution is -2.19. The van der Waals surface area contributed by atoms with Gasteiger partial charge in [-0.2, -0.15) is 0 Å². The molecule has 0 aliphatic heterocycles. The maximum Gasteiger partial charge on any atom is 0.339 e. The number of methoxy groups -OCH3 is 1. The van der Waals surface area contributed by atoms with Gasteiger partial charge in [0.1, 0.15) is 0 Å². The standard InChI is InChI=1S/C15H12Cl2N2O3/c1-22-14(20)12-8-11(6-7-13(12)17)19-15(21)18-10-4-2-9(16)3-5-10/h2-8H,1H3,(H2,18,19,21). The molecule has 0 saturated carbocycles. The van der Waals surface area contributed by atoms with E-state index in [9.17, 15) is 9.59 Å². The fourth-order valence-corrected chi connectivity index (χ4v) is 2.02. The molecule has 2 aromatic rings. The van der Waals surface area contributed by atoms with Gasteiger partial charge in [-0.1, -0.05) is 23.2 Å². The van der Waals surface area contributed by atoms with Gasteiger partial charge < -0.3 is 15.4 Å². The number of rotatable bonds is 3.